The smallest absolute Gasteiger partial charge is 0.178 e. The monoisotopic (exact) mass is 418 g/mol. The fraction of sp³-hybridized carbons (Fsp3) is 0.261. The topological polar surface area (TPSA) is 35.5 Å². The number of hydrogen-bond donors (Lipinski definition) is 0. The molecule has 0 radical (unpaired) electrons. The first kappa shape index (κ1) is 22.1. The molecule has 0 aliphatic carbocycles. The Morgan fingerprint density at radius 2 is 1.50 bits per heavy atom. The molecule has 28 heavy (non-hydrogen) atoms. The molecule has 2 aromatic carbocycles. The fourth-order valence-electron chi connectivity index (χ4n) is 2.92. The van der Waals surface area contributed by atoms with Crippen molar-refractivity contribution in [3.63, 3.8) is 0 Å². The van der Waals surface area contributed by atoms with E-state index in [1.54, 1.807) is 32.4 Å². The van der Waals surface area contributed by atoms with Gasteiger partial charge >= 0.3 is 0 Å². The molecule has 0 heterocycles. The number of halogens is 2. The molecule has 0 N–H and O–H groups in total. The van der Waals surface area contributed by atoms with E-state index in [0.717, 1.165) is 40.8 Å². The van der Waals surface area contributed by atoms with Gasteiger partial charge in [-0.3, -0.25) is 4.79 Å². The summed E-state index contributed by atoms with van der Waals surface area (Å²) in [6.45, 7) is 4.07. The minimum absolute atomic E-state index is 0.167. The van der Waals surface area contributed by atoms with Gasteiger partial charge in [-0.15, -0.1) is 0 Å². The van der Waals surface area contributed by atoms with E-state index in [2.05, 4.69) is 0 Å². The van der Waals surface area contributed by atoms with Crippen LogP contribution >= 0.6 is 23.2 Å². The van der Waals surface area contributed by atoms with Crippen LogP contribution < -0.4 is 9.47 Å². The predicted molar refractivity (Wildman–Crippen MR) is 118 cm³/mol. The molecule has 0 bridgehead atoms. The molecule has 0 aliphatic heterocycles. The predicted octanol–water partition coefficient (Wildman–Crippen LogP) is 6.43. The maximum absolute atomic E-state index is 12.3. The van der Waals surface area contributed by atoms with Crippen LogP contribution in [0.1, 0.15) is 36.1 Å². The van der Waals surface area contributed by atoms with Crippen LogP contribution in [0.3, 0.4) is 0 Å². The molecule has 0 aromatic heterocycles. The Balaban J connectivity index is 2.28. The largest absolute Gasteiger partial charge is 0.496 e. The number of benzene rings is 2. The summed E-state index contributed by atoms with van der Waals surface area (Å²) in [6, 6.07) is 7.48. The first-order chi connectivity index (χ1) is 13.4. The molecule has 5 heteroatoms. The lowest BCUT2D eigenvalue weighted by atomic mass is 10.0. The highest BCUT2D eigenvalue weighted by atomic mass is 35.5. The highest BCUT2D eigenvalue weighted by molar-refractivity contribution is 6.32. The van der Waals surface area contributed by atoms with Crippen molar-refractivity contribution in [3.8, 4) is 11.5 Å². The van der Waals surface area contributed by atoms with Crippen LogP contribution in [-0.2, 0) is 17.6 Å². The maximum Gasteiger partial charge on any atom is 0.178 e. The summed E-state index contributed by atoms with van der Waals surface area (Å²) in [6.07, 6.45) is 8.02. The molecule has 3 nitrogen and oxygen atoms in total. The van der Waals surface area contributed by atoms with Crippen molar-refractivity contribution in [2.75, 3.05) is 14.2 Å². The molecule has 0 atom stereocenters. The van der Waals surface area contributed by atoms with Crippen molar-refractivity contribution >= 4 is 41.1 Å². The Morgan fingerprint density at radius 1 is 0.893 bits per heavy atom. The van der Waals surface area contributed by atoms with Crippen LogP contribution in [0.25, 0.3) is 12.2 Å². The van der Waals surface area contributed by atoms with E-state index in [4.69, 9.17) is 32.7 Å². The summed E-state index contributed by atoms with van der Waals surface area (Å²) in [7, 11) is 3.17. The van der Waals surface area contributed by atoms with Crippen molar-refractivity contribution in [2.24, 2.45) is 0 Å². The normalized spacial score (nSPS) is 11.4. The maximum atomic E-state index is 12.3. The third-order valence-corrected chi connectivity index (χ3v) is 4.84. The van der Waals surface area contributed by atoms with Gasteiger partial charge in [-0.05, 0) is 72.5 Å². The van der Waals surface area contributed by atoms with Gasteiger partial charge in [0.15, 0.2) is 5.78 Å². The minimum atomic E-state index is -0.167. The van der Waals surface area contributed by atoms with Gasteiger partial charge in [0, 0.05) is 16.1 Å². The van der Waals surface area contributed by atoms with Gasteiger partial charge in [-0.25, -0.2) is 0 Å². The van der Waals surface area contributed by atoms with Gasteiger partial charge in [0.25, 0.3) is 0 Å². The summed E-state index contributed by atoms with van der Waals surface area (Å²) in [4.78, 5) is 12.3. The molecule has 0 amide bonds. The number of ketones is 1. The number of methoxy groups -OCH3 is 2. The van der Waals surface area contributed by atoms with E-state index in [1.165, 1.54) is 12.2 Å². The molecule has 2 rings (SSSR count). The van der Waals surface area contributed by atoms with Gasteiger partial charge in [-0.1, -0.05) is 37.0 Å². The van der Waals surface area contributed by atoms with E-state index >= 15 is 0 Å². The molecule has 2 aromatic rings. The minimum Gasteiger partial charge on any atom is -0.496 e. The lowest BCUT2D eigenvalue weighted by molar-refractivity contribution is -0.110. The van der Waals surface area contributed by atoms with Crippen molar-refractivity contribution in [1.82, 2.24) is 0 Å². The molecule has 0 unspecified atom stereocenters. The van der Waals surface area contributed by atoms with Gasteiger partial charge in [0.05, 0.1) is 19.2 Å². The second-order valence-electron chi connectivity index (χ2n) is 6.16. The number of carbonyl (C=O) groups is 1. The molecule has 0 saturated carbocycles. The second-order valence-corrected chi connectivity index (χ2v) is 7.01. The first-order valence-electron chi connectivity index (χ1n) is 9.06. The Hall–Kier alpha value is -2.23. The Morgan fingerprint density at radius 3 is 2.04 bits per heavy atom. The highest BCUT2D eigenvalue weighted by Crippen LogP contribution is 2.32. The molecule has 0 spiro atoms. The van der Waals surface area contributed by atoms with E-state index in [0.29, 0.717) is 15.8 Å². The van der Waals surface area contributed by atoms with E-state index in [9.17, 15) is 4.79 Å². The number of aryl methyl sites for hydroxylation is 2. The average molecular weight is 419 g/mol. The summed E-state index contributed by atoms with van der Waals surface area (Å²) in [5.74, 6) is 1.11. The number of hydrogen-bond acceptors (Lipinski definition) is 3. The zero-order valence-corrected chi connectivity index (χ0v) is 18.0. The molecule has 0 aliphatic rings. The molecule has 0 fully saturated rings. The highest BCUT2D eigenvalue weighted by Gasteiger charge is 2.09. The number of allylic oxidation sites excluding steroid dienone is 2. The Kier molecular flexibility index (Phi) is 8.16. The third-order valence-electron chi connectivity index (χ3n) is 4.34. The third kappa shape index (κ3) is 5.40. The standard InChI is InChI=1S/C23H24Cl2O3/c1-5-15-11-17(23(28-4)21(25)12-15)7-9-20(26)10-8-18-14-19(24)13-16(6-2)22(18)27-3/h7-14H,5-6H2,1-4H3/b9-7+,10-8+. The molecular formula is C23H24Cl2O3. The van der Waals surface area contributed by atoms with Crippen molar-refractivity contribution in [3.05, 3.63) is 68.7 Å². The van der Waals surface area contributed by atoms with Gasteiger partial charge < -0.3 is 9.47 Å². The quantitative estimate of drug-likeness (QED) is 0.463. The van der Waals surface area contributed by atoms with Crippen LogP contribution in [0, 0.1) is 0 Å². The zero-order valence-electron chi connectivity index (χ0n) is 16.5. The summed E-state index contributed by atoms with van der Waals surface area (Å²) >= 11 is 12.4. The Labute approximate surface area is 176 Å². The fourth-order valence-corrected chi connectivity index (χ4v) is 3.50. The lowest BCUT2D eigenvalue weighted by Crippen LogP contribution is -1.95. The molecule has 148 valence electrons. The van der Waals surface area contributed by atoms with Crippen LogP contribution in [0.15, 0.2) is 36.4 Å². The summed E-state index contributed by atoms with van der Waals surface area (Å²) in [5.41, 5.74) is 3.60. The number of ether oxygens (including phenoxy) is 2. The SMILES string of the molecule is CCc1cc(Cl)c(OC)c(/C=C/C(=O)/C=C/c2cc(Cl)cc(CC)c2OC)c1. The first-order valence-corrected chi connectivity index (χ1v) is 9.81. The van der Waals surface area contributed by atoms with Crippen LogP contribution in [-0.4, -0.2) is 20.0 Å². The number of carbonyl (C=O) groups excluding carboxylic acids is 1. The number of rotatable bonds is 8. The van der Waals surface area contributed by atoms with Crippen LogP contribution in [0.5, 0.6) is 11.5 Å². The van der Waals surface area contributed by atoms with E-state index in [1.807, 2.05) is 32.0 Å². The average Bonchev–Trinajstić information content (AvgIpc) is 2.69. The van der Waals surface area contributed by atoms with Crippen LogP contribution in [0.2, 0.25) is 10.0 Å². The van der Waals surface area contributed by atoms with E-state index < -0.39 is 0 Å². The van der Waals surface area contributed by atoms with Crippen molar-refractivity contribution in [1.29, 1.82) is 0 Å². The summed E-state index contributed by atoms with van der Waals surface area (Å²) < 4.78 is 10.8. The van der Waals surface area contributed by atoms with E-state index in [-0.39, 0.29) is 5.78 Å². The summed E-state index contributed by atoms with van der Waals surface area (Å²) in [5, 5.41) is 1.14. The second kappa shape index (κ2) is 10.4. The van der Waals surface area contributed by atoms with Gasteiger partial charge in [0.1, 0.15) is 11.5 Å². The molecule has 0 saturated heterocycles. The molecular weight excluding hydrogens is 395 g/mol. The lowest BCUT2D eigenvalue weighted by Gasteiger charge is -2.11. The van der Waals surface area contributed by atoms with Gasteiger partial charge in [0.2, 0.25) is 0 Å². The zero-order chi connectivity index (χ0) is 20.7. The van der Waals surface area contributed by atoms with Crippen molar-refractivity contribution < 1.29 is 14.3 Å². The van der Waals surface area contributed by atoms with Gasteiger partial charge in [-0.2, -0.15) is 0 Å². The van der Waals surface area contributed by atoms with Crippen molar-refractivity contribution in [2.45, 2.75) is 26.7 Å². The Bertz CT molecular complexity index is 901. The van der Waals surface area contributed by atoms with Crippen LogP contribution in [0.4, 0.5) is 0 Å².